The molecule has 1 atom stereocenters. The van der Waals surface area contributed by atoms with E-state index >= 15 is 0 Å². The third-order valence-electron chi connectivity index (χ3n) is 4.38. The van der Waals surface area contributed by atoms with Gasteiger partial charge in [-0.1, -0.05) is 12.5 Å². The molecule has 1 unspecified atom stereocenters. The van der Waals surface area contributed by atoms with Crippen LogP contribution in [-0.2, 0) is 10.2 Å². The largest absolute Gasteiger partial charge is 0.387 e. The first-order chi connectivity index (χ1) is 10.7. The predicted molar refractivity (Wildman–Crippen MR) is 84.1 cm³/mol. The van der Waals surface area contributed by atoms with Gasteiger partial charge < -0.3 is 15.3 Å². The molecule has 0 saturated heterocycles. The summed E-state index contributed by atoms with van der Waals surface area (Å²) in [6.07, 6.45) is 1.87. The Bertz CT molecular complexity index is 584. The highest BCUT2D eigenvalue weighted by Crippen LogP contribution is 2.45. The molecule has 1 fully saturated rings. The van der Waals surface area contributed by atoms with Crippen molar-refractivity contribution in [3.8, 4) is 0 Å². The Morgan fingerprint density at radius 2 is 2.04 bits per heavy atom. The van der Waals surface area contributed by atoms with Gasteiger partial charge >= 0.3 is 0 Å². The lowest BCUT2D eigenvalue weighted by Crippen LogP contribution is -2.54. The van der Waals surface area contributed by atoms with E-state index in [0.717, 1.165) is 12.5 Å². The molecule has 0 bridgehead atoms. The topological polar surface area (TPSA) is 52.6 Å². The number of carbonyl (C=O) groups excluding carboxylic acids is 1. The van der Waals surface area contributed by atoms with Gasteiger partial charge in [0.2, 0.25) is 5.91 Å². The van der Waals surface area contributed by atoms with Crippen molar-refractivity contribution in [3.63, 3.8) is 0 Å². The molecule has 0 spiro atoms. The molecule has 1 aliphatic rings. The lowest BCUT2D eigenvalue weighted by Gasteiger charge is -2.41. The normalized spacial score (nSPS) is 19.1. The molecule has 2 N–H and O–H groups in total. The van der Waals surface area contributed by atoms with E-state index in [1.54, 1.807) is 6.92 Å². The first-order valence-corrected chi connectivity index (χ1v) is 7.77. The Morgan fingerprint density at radius 3 is 2.52 bits per heavy atom. The van der Waals surface area contributed by atoms with E-state index in [2.05, 4.69) is 5.32 Å². The zero-order valence-corrected chi connectivity index (χ0v) is 13.8. The van der Waals surface area contributed by atoms with Crippen molar-refractivity contribution in [2.45, 2.75) is 37.2 Å². The van der Waals surface area contributed by atoms with Gasteiger partial charge in [-0.15, -0.1) is 0 Å². The van der Waals surface area contributed by atoms with Crippen molar-refractivity contribution in [1.29, 1.82) is 0 Å². The van der Waals surface area contributed by atoms with Gasteiger partial charge in [-0.25, -0.2) is 8.78 Å². The zero-order chi connectivity index (χ0) is 17.3. The number of nitrogens with zero attached hydrogens (tertiary/aromatic N) is 1. The van der Waals surface area contributed by atoms with Gasteiger partial charge in [0.15, 0.2) is 0 Å². The molecular formula is C17H24F2N2O2. The van der Waals surface area contributed by atoms with E-state index in [1.165, 1.54) is 12.1 Å². The van der Waals surface area contributed by atoms with Crippen LogP contribution in [0.15, 0.2) is 18.2 Å². The van der Waals surface area contributed by atoms with E-state index in [4.69, 9.17) is 0 Å². The quantitative estimate of drug-likeness (QED) is 0.838. The SMILES string of the molecule is CN(C)CC(C)(O)CNC(=O)C1(c2ccc(F)cc2F)CCC1. The fourth-order valence-electron chi connectivity index (χ4n) is 3.20. The molecule has 23 heavy (non-hydrogen) atoms. The second kappa shape index (κ2) is 6.53. The van der Waals surface area contributed by atoms with E-state index in [0.29, 0.717) is 19.4 Å². The number of amides is 1. The van der Waals surface area contributed by atoms with Crippen molar-refractivity contribution < 1.29 is 18.7 Å². The summed E-state index contributed by atoms with van der Waals surface area (Å²) in [5, 5.41) is 13.0. The standard InChI is InChI=1S/C17H24F2N2O2/c1-16(23,11-21(2)3)10-20-15(22)17(7-4-8-17)13-6-5-12(18)9-14(13)19/h5-6,9,23H,4,7-8,10-11H2,1-3H3,(H,20,22). The Kier molecular flexibility index (Phi) is 5.06. The number of nitrogens with one attached hydrogen (secondary N) is 1. The van der Waals surface area contributed by atoms with Crippen LogP contribution in [0.4, 0.5) is 8.78 Å². The van der Waals surface area contributed by atoms with Crippen molar-refractivity contribution in [2.24, 2.45) is 0 Å². The van der Waals surface area contributed by atoms with Crippen LogP contribution in [0.2, 0.25) is 0 Å². The molecule has 0 aliphatic heterocycles. The summed E-state index contributed by atoms with van der Waals surface area (Å²) in [7, 11) is 3.66. The summed E-state index contributed by atoms with van der Waals surface area (Å²) in [6, 6.07) is 3.33. The molecule has 0 heterocycles. The monoisotopic (exact) mass is 326 g/mol. The Hall–Kier alpha value is -1.53. The van der Waals surface area contributed by atoms with Crippen molar-refractivity contribution >= 4 is 5.91 Å². The Labute approximate surface area is 135 Å². The number of hydrogen-bond acceptors (Lipinski definition) is 3. The fraction of sp³-hybridized carbons (Fsp3) is 0.588. The maximum absolute atomic E-state index is 14.1. The second-order valence-electron chi connectivity index (χ2n) is 6.98. The lowest BCUT2D eigenvalue weighted by molar-refractivity contribution is -0.131. The number of aliphatic hydroxyl groups is 1. The molecule has 2 rings (SSSR count). The minimum Gasteiger partial charge on any atom is -0.387 e. The Balaban J connectivity index is 2.12. The molecular weight excluding hydrogens is 302 g/mol. The van der Waals surface area contributed by atoms with Gasteiger partial charge in [-0.2, -0.15) is 0 Å². The predicted octanol–water partition coefficient (Wildman–Crippen LogP) is 1.82. The minimum atomic E-state index is -1.08. The summed E-state index contributed by atoms with van der Waals surface area (Å²) in [5.41, 5.74) is -1.80. The number of halogens is 2. The molecule has 1 saturated carbocycles. The number of benzene rings is 1. The number of rotatable bonds is 6. The highest BCUT2D eigenvalue weighted by Gasteiger charge is 2.47. The van der Waals surface area contributed by atoms with Gasteiger partial charge in [0.1, 0.15) is 11.6 Å². The van der Waals surface area contributed by atoms with Crippen molar-refractivity contribution in [3.05, 3.63) is 35.4 Å². The molecule has 4 nitrogen and oxygen atoms in total. The summed E-state index contributed by atoms with van der Waals surface area (Å²) < 4.78 is 27.2. The average Bonchev–Trinajstić information content (AvgIpc) is 2.36. The first kappa shape index (κ1) is 17.8. The van der Waals surface area contributed by atoms with Crippen molar-refractivity contribution in [1.82, 2.24) is 10.2 Å². The molecule has 1 aromatic rings. The van der Waals surface area contributed by atoms with Gasteiger partial charge in [-0.05, 0) is 39.9 Å². The summed E-state index contributed by atoms with van der Waals surface area (Å²) in [6.45, 7) is 2.11. The molecule has 1 amide bonds. The van der Waals surface area contributed by atoms with Crippen LogP contribution in [0.5, 0.6) is 0 Å². The molecule has 6 heteroatoms. The minimum absolute atomic E-state index is 0.0780. The van der Waals surface area contributed by atoms with Crippen LogP contribution in [0.1, 0.15) is 31.7 Å². The van der Waals surface area contributed by atoms with E-state index in [9.17, 15) is 18.7 Å². The number of carbonyl (C=O) groups is 1. The van der Waals surface area contributed by atoms with Gasteiger partial charge in [0, 0.05) is 24.7 Å². The van der Waals surface area contributed by atoms with E-state index in [1.807, 2.05) is 19.0 Å². The highest BCUT2D eigenvalue weighted by molar-refractivity contribution is 5.89. The number of hydrogen-bond donors (Lipinski definition) is 2. The Morgan fingerprint density at radius 1 is 1.39 bits per heavy atom. The van der Waals surface area contributed by atoms with Crippen LogP contribution >= 0.6 is 0 Å². The highest BCUT2D eigenvalue weighted by atomic mass is 19.1. The van der Waals surface area contributed by atoms with E-state index < -0.39 is 22.7 Å². The van der Waals surface area contributed by atoms with Gasteiger partial charge in [0.25, 0.3) is 0 Å². The number of likely N-dealkylation sites (N-methyl/N-ethyl adjacent to an activating group) is 1. The summed E-state index contributed by atoms with van der Waals surface area (Å²) in [4.78, 5) is 14.4. The van der Waals surface area contributed by atoms with E-state index in [-0.39, 0.29) is 18.0 Å². The van der Waals surface area contributed by atoms with Crippen LogP contribution in [0.25, 0.3) is 0 Å². The maximum atomic E-state index is 14.1. The smallest absolute Gasteiger partial charge is 0.230 e. The average molecular weight is 326 g/mol. The summed E-state index contributed by atoms with van der Waals surface area (Å²) in [5.74, 6) is -1.66. The maximum Gasteiger partial charge on any atom is 0.230 e. The second-order valence-corrected chi connectivity index (χ2v) is 6.98. The van der Waals surface area contributed by atoms with Gasteiger partial charge in [0.05, 0.1) is 11.0 Å². The zero-order valence-electron chi connectivity index (χ0n) is 13.8. The molecule has 1 aromatic carbocycles. The first-order valence-electron chi connectivity index (χ1n) is 7.77. The van der Waals surface area contributed by atoms with Crippen LogP contribution in [0, 0.1) is 11.6 Å². The molecule has 0 aromatic heterocycles. The summed E-state index contributed by atoms with van der Waals surface area (Å²) >= 11 is 0. The fourth-order valence-corrected chi connectivity index (χ4v) is 3.20. The van der Waals surface area contributed by atoms with Gasteiger partial charge in [-0.3, -0.25) is 4.79 Å². The van der Waals surface area contributed by atoms with Crippen LogP contribution in [-0.4, -0.2) is 48.7 Å². The molecule has 1 aliphatic carbocycles. The van der Waals surface area contributed by atoms with Crippen LogP contribution in [0.3, 0.4) is 0 Å². The van der Waals surface area contributed by atoms with Crippen molar-refractivity contribution in [2.75, 3.05) is 27.2 Å². The molecule has 0 radical (unpaired) electrons. The lowest BCUT2D eigenvalue weighted by atomic mass is 9.63. The molecule has 128 valence electrons. The van der Waals surface area contributed by atoms with Crippen LogP contribution < -0.4 is 5.32 Å². The third-order valence-corrected chi connectivity index (χ3v) is 4.38. The third kappa shape index (κ3) is 3.87.